The monoisotopic (exact) mass is 463 g/mol. The summed E-state index contributed by atoms with van der Waals surface area (Å²) in [6.45, 7) is 1.26. The fourth-order valence-corrected chi connectivity index (χ4v) is 3.50. The van der Waals surface area contributed by atoms with Crippen molar-refractivity contribution in [1.29, 1.82) is 0 Å². The Morgan fingerprint density at radius 3 is 2.48 bits per heavy atom. The summed E-state index contributed by atoms with van der Waals surface area (Å²) >= 11 is 0. The van der Waals surface area contributed by atoms with Gasteiger partial charge in [0, 0.05) is 13.1 Å². The Balaban J connectivity index is 1.99. The molecule has 0 unspecified atom stereocenters. The Morgan fingerprint density at radius 1 is 1.09 bits per heavy atom. The van der Waals surface area contributed by atoms with Crippen LogP contribution in [0.2, 0.25) is 0 Å². The van der Waals surface area contributed by atoms with E-state index in [0.717, 1.165) is 23.8 Å². The highest BCUT2D eigenvalue weighted by Crippen LogP contribution is 2.25. The van der Waals surface area contributed by atoms with Crippen LogP contribution in [0.4, 0.5) is 14.5 Å². The lowest BCUT2D eigenvalue weighted by Crippen LogP contribution is -2.43. The van der Waals surface area contributed by atoms with Crippen LogP contribution in [0.25, 0.3) is 11.2 Å². The molecule has 2 aromatic heterocycles. The van der Waals surface area contributed by atoms with Gasteiger partial charge in [-0.15, -0.1) is 0 Å². The fraction of sp³-hybridized carbons (Fsp3) is 0.455. The van der Waals surface area contributed by atoms with Crippen LogP contribution in [0.3, 0.4) is 0 Å². The van der Waals surface area contributed by atoms with Gasteiger partial charge in [-0.2, -0.15) is 8.78 Å². The summed E-state index contributed by atoms with van der Waals surface area (Å²) in [5.74, 6) is -0.942. The molecule has 3 rings (SSSR count). The van der Waals surface area contributed by atoms with E-state index in [4.69, 9.17) is 0 Å². The van der Waals surface area contributed by atoms with Crippen LogP contribution < -0.4 is 21.3 Å². The van der Waals surface area contributed by atoms with Crippen molar-refractivity contribution in [1.82, 2.24) is 18.7 Å². The third kappa shape index (κ3) is 5.47. The third-order valence-corrected chi connectivity index (χ3v) is 5.15. The molecule has 0 radical (unpaired) electrons. The number of hydrogen-bond donors (Lipinski definition) is 1. The zero-order valence-electron chi connectivity index (χ0n) is 18.6. The first kappa shape index (κ1) is 24.1. The Bertz CT molecular complexity index is 1230. The summed E-state index contributed by atoms with van der Waals surface area (Å²) in [6.07, 6.45) is 4.78. The molecule has 0 saturated carbocycles. The van der Waals surface area contributed by atoms with Gasteiger partial charge >= 0.3 is 12.3 Å². The number of benzene rings is 1. The standard InChI is InChI=1S/C22H27F2N5O4/c1-3-5-11-27-14-25-19-18(27)20(31)29(22(32)28(19)12-6-4-2)13-17(30)26-15-9-7-8-10-16(15)33-21(23)24/h7-10,14,21H,3-6,11-13H2,1-2H3,(H,26,30). The van der Waals surface area contributed by atoms with Crippen LogP contribution in [-0.4, -0.2) is 31.2 Å². The summed E-state index contributed by atoms with van der Waals surface area (Å²) in [5, 5.41) is 2.44. The topological polar surface area (TPSA) is 100 Å². The van der Waals surface area contributed by atoms with Crippen molar-refractivity contribution in [3.8, 4) is 5.75 Å². The van der Waals surface area contributed by atoms with E-state index < -0.39 is 30.3 Å². The second-order valence-corrected chi connectivity index (χ2v) is 7.57. The van der Waals surface area contributed by atoms with Gasteiger partial charge in [-0.25, -0.2) is 14.3 Å². The largest absolute Gasteiger partial charge is 0.433 e. The number of imidazole rings is 1. The Kier molecular flexibility index (Phi) is 7.96. The molecule has 0 atom stereocenters. The highest BCUT2D eigenvalue weighted by Gasteiger charge is 2.20. The van der Waals surface area contributed by atoms with Gasteiger partial charge in [0.2, 0.25) is 5.91 Å². The molecule has 0 aliphatic heterocycles. The molecule has 0 saturated heterocycles. The first-order valence-electron chi connectivity index (χ1n) is 10.9. The number of carbonyl (C=O) groups is 1. The van der Waals surface area contributed by atoms with Gasteiger partial charge in [0.1, 0.15) is 12.3 Å². The van der Waals surface area contributed by atoms with Gasteiger partial charge in [0.05, 0.1) is 12.0 Å². The lowest BCUT2D eigenvalue weighted by atomic mass is 10.3. The second-order valence-electron chi connectivity index (χ2n) is 7.57. The smallest absolute Gasteiger partial charge is 0.387 e. The van der Waals surface area contributed by atoms with E-state index in [1.807, 2.05) is 13.8 Å². The summed E-state index contributed by atoms with van der Waals surface area (Å²) in [7, 11) is 0. The number of nitrogens with one attached hydrogen (secondary N) is 1. The van der Waals surface area contributed by atoms with E-state index in [1.165, 1.54) is 35.2 Å². The van der Waals surface area contributed by atoms with E-state index in [-0.39, 0.29) is 17.0 Å². The second kappa shape index (κ2) is 10.9. The Hall–Kier alpha value is -3.50. The molecule has 1 aromatic carbocycles. The van der Waals surface area contributed by atoms with E-state index >= 15 is 0 Å². The minimum atomic E-state index is -3.07. The van der Waals surface area contributed by atoms with Crippen molar-refractivity contribution in [2.45, 2.75) is 65.8 Å². The predicted molar refractivity (Wildman–Crippen MR) is 120 cm³/mol. The zero-order chi connectivity index (χ0) is 24.0. The van der Waals surface area contributed by atoms with Gasteiger partial charge in [0.15, 0.2) is 11.2 Å². The number of aryl methyl sites for hydroxylation is 2. The predicted octanol–water partition coefficient (Wildman–Crippen LogP) is 3.20. The third-order valence-electron chi connectivity index (χ3n) is 5.15. The fourth-order valence-electron chi connectivity index (χ4n) is 3.50. The molecule has 0 fully saturated rings. The number of fused-ring (bicyclic) bond motifs is 1. The molecule has 1 amide bonds. The molecule has 1 N–H and O–H groups in total. The average molecular weight is 463 g/mol. The van der Waals surface area contributed by atoms with Crippen molar-refractivity contribution in [3.05, 3.63) is 51.4 Å². The number of hydrogen-bond acceptors (Lipinski definition) is 5. The van der Waals surface area contributed by atoms with Crippen molar-refractivity contribution in [3.63, 3.8) is 0 Å². The molecule has 0 spiro atoms. The number of rotatable bonds is 11. The first-order chi connectivity index (χ1) is 15.9. The minimum Gasteiger partial charge on any atom is -0.433 e. The SMILES string of the molecule is CCCCn1cnc2c1c(=O)n(CC(=O)Nc1ccccc1OC(F)F)c(=O)n2CCCC. The van der Waals surface area contributed by atoms with Gasteiger partial charge in [-0.1, -0.05) is 38.8 Å². The van der Waals surface area contributed by atoms with E-state index in [0.29, 0.717) is 25.2 Å². The summed E-state index contributed by atoms with van der Waals surface area (Å²) in [4.78, 5) is 43.3. The van der Waals surface area contributed by atoms with Crippen LogP contribution in [0, 0.1) is 0 Å². The normalized spacial score (nSPS) is 11.3. The first-order valence-corrected chi connectivity index (χ1v) is 10.9. The van der Waals surface area contributed by atoms with Crippen LogP contribution in [0.5, 0.6) is 5.75 Å². The van der Waals surface area contributed by atoms with Gasteiger partial charge in [0.25, 0.3) is 5.56 Å². The van der Waals surface area contributed by atoms with E-state index in [2.05, 4.69) is 15.0 Å². The van der Waals surface area contributed by atoms with Gasteiger partial charge in [-0.3, -0.25) is 14.2 Å². The molecule has 0 aliphatic carbocycles. The molecule has 11 heteroatoms. The maximum absolute atomic E-state index is 13.2. The molecule has 9 nitrogen and oxygen atoms in total. The molecule has 2 heterocycles. The summed E-state index contributed by atoms with van der Waals surface area (Å²) in [6, 6.07) is 5.69. The quantitative estimate of drug-likeness (QED) is 0.471. The highest BCUT2D eigenvalue weighted by molar-refractivity contribution is 5.92. The average Bonchev–Trinajstić information content (AvgIpc) is 3.20. The number of nitrogens with zero attached hydrogens (tertiary/aromatic N) is 4. The Morgan fingerprint density at radius 2 is 1.79 bits per heavy atom. The molecular formula is C22H27F2N5O4. The van der Waals surface area contributed by atoms with Crippen LogP contribution in [-0.2, 0) is 24.4 Å². The number of anilines is 1. The van der Waals surface area contributed by atoms with Crippen LogP contribution in [0.1, 0.15) is 39.5 Å². The van der Waals surface area contributed by atoms with Crippen molar-refractivity contribution >= 4 is 22.8 Å². The molecule has 178 valence electrons. The summed E-state index contributed by atoms with van der Waals surface area (Å²) in [5.41, 5.74) is -0.705. The lowest BCUT2D eigenvalue weighted by Gasteiger charge is -2.14. The van der Waals surface area contributed by atoms with Crippen LogP contribution in [0.15, 0.2) is 40.2 Å². The number of alkyl halides is 2. The number of para-hydroxylation sites is 2. The molecular weight excluding hydrogens is 436 g/mol. The maximum atomic E-state index is 13.2. The number of unbranched alkanes of at least 4 members (excludes halogenated alkanes) is 2. The minimum absolute atomic E-state index is 0.0104. The molecule has 0 bridgehead atoms. The number of aromatic nitrogens is 4. The Labute approximate surface area is 188 Å². The van der Waals surface area contributed by atoms with Crippen molar-refractivity contribution in [2.24, 2.45) is 0 Å². The van der Waals surface area contributed by atoms with Gasteiger partial charge < -0.3 is 14.6 Å². The molecule has 0 aliphatic rings. The number of amides is 1. The van der Waals surface area contributed by atoms with Gasteiger partial charge in [-0.05, 0) is 25.0 Å². The maximum Gasteiger partial charge on any atom is 0.387 e. The van der Waals surface area contributed by atoms with E-state index in [1.54, 1.807) is 4.57 Å². The lowest BCUT2D eigenvalue weighted by molar-refractivity contribution is -0.116. The van der Waals surface area contributed by atoms with E-state index in [9.17, 15) is 23.2 Å². The van der Waals surface area contributed by atoms with Crippen molar-refractivity contribution in [2.75, 3.05) is 5.32 Å². The number of ether oxygens (including phenoxy) is 1. The van der Waals surface area contributed by atoms with Crippen LogP contribution >= 0.6 is 0 Å². The molecule has 3 aromatic rings. The van der Waals surface area contributed by atoms with Crippen molar-refractivity contribution < 1.29 is 18.3 Å². The summed E-state index contributed by atoms with van der Waals surface area (Å²) < 4.78 is 33.7. The number of halogens is 2. The molecule has 33 heavy (non-hydrogen) atoms. The zero-order valence-corrected chi connectivity index (χ0v) is 18.6. The highest BCUT2D eigenvalue weighted by atomic mass is 19.3. The number of carbonyl (C=O) groups excluding carboxylic acids is 1.